The van der Waals surface area contributed by atoms with Crippen LogP contribution >= 0.6 is 11.3 Å². The molecule has 0 saturated heterocycles. The number of rotatable bonds is 2. The standard InChI is InChI=1S/C17H24S/c1-11(2)12(3)15-13-9-7-8-10-14(13)18-16(15)17(4,5)6/h7-12H,1-6H3. The highest BCUT2D eigenvalue weighted by Gasteiger charge is 2.26. The molecule has 98 valence electrons. The van der Waals surface area contributed by atoms with E-state index in [0.717, 1.165) is 0 Å². The lowest BCUT2D eigenvalue weighted by atomic mass is 9.82. The zero-order valence-electron chi connectivity index (χ0n) is 12.4. The number of hydrogen-bond acceptors (Lipinski definition) is 1. The Balaban J connectivity index is 2.73. The lowest BCUT2D eigenvalue weighted by molar-refractivity contribution is 0.519. The third-order valence-corrected chi connectivity index (χ3v) is 5.38. The van der Waals surface area contributed by atoms with Gasteiger partial charge in [-0.2, -0.15) is 0 Å². The molecule has 1 aromatic heterocycles. The van der Waals surface area contributed by atoms with Crippen LogP contribution in [-0.2, 0) is 5.41 Å². The van der Waals surface area contributed by atoms with Gasteiger partial charge in [-0.25, -0.2) is 0 Å². The third kappa shape index (κ3) is 2.33. The van der Waals surface area contributed by atoms with Crippen LogP contribution < -0.4 is 0 Å². The summed E-state index contributed by atoms with van der Waals surface area (Å²) in [5, 5.41) is 1.47. The Morgan fingerprint density at radius 2 is 1.61 bits per heavy atom. The van der Waals surface area contributed by atoms with E-state index < -0.39 is 0 Å². The zero-order chi connectivity index (χ0) is 13.5. The second-order valence-corrected chi connectivity index (χ2v) is 7.68. The summed E-state index contributed by atoms with van der Waals surface area (Å²) in [4.78, 5) is 1.56. The van der Waals surface area contributed by atoms with Gasteiger partial charge in [0.2, 0.25) is 0 Å². The Labute approximate surface area is 115 Å². The highest BCUT2D eigenvalue weighted by molar-refractivity contribution is 7.19. The van der Waals surface area contributed by atoms with E-state index in [1.54, 1.807) is 10.4 Å². The van der Waals surface area contributed by atoms with Gasteiger partial charge in [0.25, 0.3) is 0 Å². The van der Waals surface area contributed by atoms with Crippen molar-refractivity contribution in [1.82, 2.24) is 0 Å². The highest BCUT2D eigenvalue weighted by atomic mass is 32.1. The molecule has 0 aliphatic carbocycles. The van der Waals surface area contributed by atoms with Gasteiger partial charge >= 0.3 is 0 Å². The van der Waals surface area contributed by atoms with E-state index in [9.17, 15) is 0 Å². The lowest BCUT2D eigenvalue weighted by Gasteiger charge is -2.24. The van der Waals surface area contributed by atoms with Crippen molar-refractivity contribution in [3.8, 4) is 0 Å². The van der Waals surface area contributed by atoms with Crippen LogP contribution in [0.1, 0.15) is 57.9 Å². The lowest BCUT2D eigenvalue weighted by Crippen LogP contribution is -2.14. The average Bonchev–Trinajstić information content (AvgIpc) is 2.66. The second-order valence-electron chi connectivity index (χ2n) is 6.62. The molecule has 18 heavy (non-hydrogen) atoms. The maximum atomic E-state index is 2.37. The van der Waals surface area contributed by atoms with Crippen molar-refractivity contribution >= 4 is 21.4 Å². The van der Waals surface area contributed by atoms with Crippen LogP contribution in [0.4, 0.5) is 0 Å². The van der Waals surface area contributed by atoms with Crippen LogP contribution in [0.2, 0.25) is 0 Å². The predicted octanol–water partition coefficient (Wildman–Crippen LogP) is 5.96. The van der Waals surface area contributed by atoms with E-state index in [1.165, 1.54) is 10.1 Å². The van der Waals surface area contributed by atoms with E-state index in [2.05, 4.69) is 65.8 Å². The van der Waals surface area contributed by atoms with Crippen LogP contribution in [0.5, 0.6) is 0 Å². The molecule has 0 fully saturated rings. The van der Waals surface area contributed by atoms with Gasteiger partial charge in [-0.3, -0.25) is 0 Å². The molecule has 0 aliphatic heterocycles. The van der Waals surface area contributed by atoms with E-state index in [0.29, 0.717) is 11.8 Å². The molecule has 0 bridgehead atoms. The van der Waals surface area contributed by atoms with Gasteiger partial charge in [0, 0.05) is 9.58 Å². The minimum Gasteiger partial charge on any atom is -0.139 e. The molecule has 2 rings (SSSR count). The summed E-state index contributed by atoms with van der Waals surface area (Å²) in [7, 11) is 0. The van der Waals surface area contributed by atoms with Crippen molar-refractivity contribution in [3.05, 3.63) is 34.7 Å². The predicted molar refractivity (Wildman–Crippen MR) is 83.8 cm³/mol. The van der Waals surface area contributed by atoms with Crippen molar-refractivity contribution in [1.29, 1.82) is 0 Å². The van der Waals surface area contributed by atoms with Gasteiger partial charge in [0.15, 0.2) is 0 Å². The monoisotopic (exact) mass is 260 g/mol. The van der Waals surface area contributed by atoms with E-state index in [4.69, 9.17) is 0 Å². The first-order valence-electron chi connectivity index (χ1n) is 6.84. The van der Waals surface area contributed by atoms with Gasteiger partial charge < -0.3 is 0 Å². The molecule has 2 aromatic rings. The molecule has 0 amide bonds. The van der Waals surface area contributed by atoms with Crippen molar-refractivity contribution in [2.45, 2.75) is 52.9 Å². The first-order valence-corrected chi connectivity index (χ1v) is 7.66. The van der Waals surface area contributed by atoms with Crippen LogP contribution in [-0.4, -0.2) is 0 Å². The number of hydrogen-bond donors (Lipinski definition) is 0. The molecule has 1 atom stereocenters. The summed E-state index contributed by atoms with van der Waals surface area (Å²) in [5.41, 5.74) is 1.82. The molecule has 0 saturated carbocycles. The molecule has 0 nitrogen and oxygen atoms in total. The summed E-state index contributed by atoms with van der Waals surface area (Å²) in [5.74, 6) is 1.31. The maximum absolute atomic E-state index is 2.37. The molecule has 1 unspecified atom stereocenters. The normalized spacial score (nSPS) is 14.4. The molecule has 0 N–H and O–H groups in total. The Hall–Kier alpha value is -0.820. The van der Waals surface area contributed by atoms with Gasteiger partial charge in [-0.15, -0.1) is 11.3 Å². The summed E-state index contributed by atoms with van der Waals surface area (Å²) < 4.78 is 1.44. The maximum Gasteiger partial charge on any atom is 0.0348 e. The van der Waals surface area contributed by atoms with Gasteiger partial charge in [0.05, 0.1) is 0 Å². The molecule has 0 spiro atoms. The van der Waals surface area contributed by atoms with E-state index >= 15 is 0 Å². The minimum atomic E-state index is 0.238. The summed E-state index contributed by atoms with van der Waals surface area (Å²) in [6.07, 6.45) is 0. The zero-order valence-corrected chi connectivity index (χ0v) is 13.2. The SMILES string of the molecule is CC(C)C(C)c1c(C(C)(C)C)sc2ccccc12. The highest BCUT2D eigenvalue weighted by Crippen LogP contribution is 2.44. The minimum absolute atomic E-state index is 0.238. The van der Waals surface area contributed by atoms with Crippen molar-refractivity contribution in [2.24, 2.45) is 5.92 Å². The second kappa shape index (κ2) is 4.70. The van der Waals surface area contributed by atoms with Gasteiger partial charge in [-0.1, -0.05) is 59.7 Å². The number of thiophene rings is 1. The Morgan fingerprint density at radius 3 is 2.17 bits per heavy atom. The number of benzene rings is 1. The molecule has 0 radical (unpaired) electrons. The molecule has 0 aliphatic rings. The molecule has 1 heterocycles. The van der Waals surface area contributed by atoms with Crippen molar-refractivity contribution < 1.29 is 0 Å². The van der Waals surface area contributed by atoms with Crippen LogP contribution in [0, 0.1) is 5.92 Å². The van der Waals surface area contributed by atoms with E-state index in [-0.39, 0.29) is 5.41 Å². The first-order chi connectivity index (χ1) is 8.32. The van der Waals surface area contributed by atoms with Crippen molar-refractivity contribution in [2.75, 3.05) is 0 Å². The fraction of sp³-hybridized carbons (Fsp3) is 0.529. The fourth-order valence-electron chi connectivity index (χ4n) is 2.41. The van der Waals surface area contributed by atoms with Gasteiger partial charge in [0.1, 0.15) is 0 Å². The Kier molecular flexibility index (Phi) is 3.55. The largest absolute Gasteiger partial charge is 0.139 e. The first kappa shape index (κ1) is 13.6. The van der Waals surface area contributed by atoms with Crippen molar-refractivity contribution in [3.63, 3.8) is 0 Å². The summed E-state index contributed by atoms with van der Waals surface area (Å²) in [6, 6.07) is 8.86. The fourth-order valence-corrected chi connectivity index (χ4v) is 3.77. The molecule has 1 heteroatoms. The summed E-state index contributed by atoms with van der Waals surface area (Å²) in [6.45, 7) is 14.0. The van der Waals surface area contributed by atoms with Crippen LogP contribution in [0.25, 0.3) is 10.1 Å². The van der Waals surface area contributed by atoms with Crippen LogP contribution in [0.3, 0.4) is 0 Å². The Morgan fingerprint density at radius 1 is 1.00 bits per heavy atom. The average molecular weight is 260 g/mol. The Bertz CT molecular complexity index is 540. The smallest absolute Gasteiger partial charge is 0.0348 e. The summed E-state index contributed by atoms with van der Waals surface area (Å²) >= 11 is 1.98. The van der Waals surface area contributed by atoms with Crippen LogP contribution in [0.15, 0.2) is 24.3 Å². The third-order valence-electron chi connectivity index (χ3n) is 3.77. The van der Waals surface area contributed by atoms with Gasteiger partial charge in [-0.05, 0) is 34.3 Å². The number of fused-ring (bicyclic) bond motifs is 1. The molecular formula is C17H24S. The quantitative estimate of drug-likeness (QED) is 0.625. The topological polar surface area (TPSA) is 0 Å². The van der Waals surface area contributed by atoms with E-state index in [1.807, 2.05) is 11.3 Å². The molecular weight excluding hydrogens is 236 g/mol. The molecule has 1 aromatic carbocycles.